The number of nitrogens with zero attached hydrogens (tertiary/aromatic N) is 1. The average molecular weight is 403 g/mol. The molecule has 1 saturated carbocycles. The number of piperazine rings is 1. The van der Waals surface area contributed by atoms with Crippen molar-refractivity contribution >= 4 is 12.4 Å². The molecule has 1 aliphatic heterocycles. The molecular weight excluding hydrogens is 382 g/mol. The fourth-order valence-electron chi connectivity index (χ4n) is 3.33. The number of nitrogens with one attached hydrogen (secondary N) is 1. The lowest BCUT2D eigenvalue weighted by Gasteiger charge is -2.36. The molecule has 1 saturated heterocycles. The lowest BCUT2D eigenvalue weighted by atomic mass is 9.94. The summed E-state index contributed by atoms with van der Waals surface area (Å²) in [7, 11) is 0. The Labute approximate surface area is 154 Å². The van der Waals surface area contributed by atoms with E-state index in [1.54, 1.807) is 0 Å². The molecule has 0 aromatic heterocycles. The van der Waals surface area contributed by atoms with E-state index in [2.05, 4.69) is 5.32 Å². The zero-order valence-corrected chi connectivity index (χ0v) is 14.8. The Morgan fingerprint density at radius 2 is 1.42 bits per heavy atom. The highest BCUT2D eigenvalue weighted by molar-refractivity contribution is 5.85. The molecule has 0 unspecified atom stereocenters. The van der Waals surface area contributed by atoms with Crippen LogP contribution in [-0.2, 0) is 12.4 Å². The Morgan fingerprint density at radius 1 is 0.923 bits per heavy atom. The van der Waals surface area contributed by atoms with Crippen molar-refractivity contribution in [2.45, 2.75) is 37.7 Å². The van der Waals surface area contributed by atoms with Crippen LogP contribution in [0, 0.1) is 5.92 Å². The molecule has 148 valence electrons. The molecule has 1 heterocycles. The normalized spacial score (nSPS) is 20.5. The minimum absolute atomic E-state index is 0. The third-order valence-electron chi connectivity index (χ3n) is 4.84. The molecule has 1 N–H and O–H groups in total. The third kappa shape index (κ3) is 5.27. The van der Waals surface area contributed by atoms with Crippen molar-refractivity contribution < 1.29 is 26.3 Å². The molecule has 0 radical (unpaired) electrons. The second-order valence-electron chi connectivity index (χ2n) is 6.82. The summed E-state index contributed by atoms with van der Waals surface area (Å²) in [5.74, 6) is 0.392. The molecule has 1 aromatic rings. The largest absolute Gasteiger partial charge is 0.416 e. The summed E-state index contributed by atoms with van der Waals surface area (Å²) < 4.78 is 78.8. The third-order valence-corrected chi connectivity index (χ3v) is 4.84. The molecule has 2 fully saturated rings. The van der Waals surface area contributed by atoms with E-state index in [0.29, 0.717) is 38.5 Å². The van der Waals surface area contributed by atoms with Gasteiger partial charge in [0.05, 0.1) is 11.1 Å². The molecule has 9 heteroatoms. The fourth-order valence-corrected chi connectivity index (χ4v) is 3.33. The molecule has 0 spiro atoms. The lowest BCUT2D eigenvalue weighted by Crippen LogP contribution is -2.45. The van der Waals surface area contributed by atoms with Crippen molar-refractivity contribution in [2.24, 2.45) is 5.92 Å². The number of rotatable bonds is 4. The standard InChI is InChI=1S/C17H20F6N2.ClH/c18-16(19,20)13-8-12(9-14(10-13)17(21,22)23)15(7-11-1-2-11)25-5-3-24-4-6-25;/h8-11,15,24H,1-7H2;1H/t15-;/m0./s1. The van der Waals surface area contributed by atoms with Crippen molar-refractivity contribution in [3.05, 3.63) is 34.9 Å². The van der Waals surface area contributed by atoms with Crippen LogP contribution in [0.15, 0.2) is 18.2 Å². The first kappa shape index (κ1) is 21.3. The van der Waals surface area contributed by atoms with E-state index in [1.165, 1.54) is 0 Å². The Kier molecular flexibility index (Phi) is 6.51. The summed E-state index contributed by atoms with van der Waals surface area (Å²) in [5.41, 5.74) is -2.34. The molecule has 2 nitrogen and oxygen atoms in total. The second-order valence-corrected chi connectivity index (χ2v) is 6.82. The van der Waals surface area contributed by atoms with Crippen molar-refractivity contribution in [1.29, 1.82) is 0 Å². The van der Waals surface area contributed by atoms with Gasteiger partial charge in [-0.3, -0.25) is 4.90 Å². The smallest absolute Gasteiger partial charge is 0.314 e. The van der Waals surface area contributed by atoms with E-state index in [4.69, 9.17) is 0 Å². The monoisotopic (exact) mass is 402 g/mol. The molecule has 1 atom stereocenters. The van der Waals surface area contributed by atoms with Crippen LogP contribution in [0.3, 0.4) is 0 Å². The van der Waals surface area contributed by atoms with Crippen molar-refractivity contribution in [3.8, 4) is 0 Å². The van der Waals surface area contributed by atoms with Crippen LogP contribution in [0.1, 0.15) is 42.0 Å². The maximum atomic E-state index is 13.1. The first-order chi connectivity index (χ1) is 11.6. The van der Waals surface area contributed by atoms with Gasteiger partial charge in [0.2, 0.25) is 0 Å². The van der Waals surface area contributed by atoms with E-state index < -0.39 is 29.5 Å². The van der Waals surface area contributed by atoms with Gasteiger partial charge >= 0.3 is 12.4 Å². The van der Waals surface area contributed by atoms with E-state index >= 15 is 0 Å². The van der Waals surface area contributed by atoms with E-state index in [1.807, 2.05) is 4.90 Å². The number of benzene rings is 1. The first-order valence-electron chi connectivity index (χ1n) is 8.39. The minimum Gasteiger partial charge on any atom is -0.314 e. The van der Waals surface area contributed by atoms with Gasteiger partial charge in [-0.25, -0.2) is 0 Å². The summed E-state index contributed by atoms with van der Waals surface area (Å²) in [6.45, 7) is 2.61. The molecule has 1 aliphatic carbocycles. The highest BCUT2D eigenvalue weighted by Gasteiger charge is 2.39. The van der Waals surface area contributed by atoms with Gasteiger partial charge in [-0.15, -0.1) is 12.4 Å². The molecule has 26 heavy (non-hydrogen) atoms. The minimum atomic E-state index is -4.80. The van der Waals surface area contributed by atoms with Gasteiger partial charge in [0.15, 0.2) is 0 Å². The highest BCUT2D eigenvalue weighted by Crippen LogP contribution is 2.43. The van der Waals surface area contributed by atoms with Crippen LogP contribution < -0.4 is 5.32 Å². The Hall–Kier alpha value is -0.990. The van der Waals surface area contributed by atoms with E-state index in [9.17, 15) is 26.3 Å². The van der Waals surface area contributed by atoms with Gasteiger partial charge in [0.25, 0.3) is 0 Å². The molecular formula is C17H21ClF6N2. The predicted octanol–water partition coefficient (Wildman–Crippen LogP) is 4.89. The number of halogens is 7. The number of hydrogen-bond acceptors (Lipinski definition) is 2. The Morgan fingerprint density at radius 3 is 1.85 bits per heavy atom. The van der Waals surface area contributed by atoms with Gasteiger partial charge in [0, 0.05) is 32.2 Å². The number of alkyl halides is 6. The summed E-state index contributed by atoms with van der Waals surface area (Å²) in [6.07, 6.45) is -7.01. The van der Waals surface area contributed by atoms with Crippen LogP contribution in [0.2, 0.25) is 0 Å². The van der Waals surface area contributed by atoms with Crippen molar-refractivity contribution in [2.75, 3.05) is 26.2 Å². The zero-order chi connectivity index (χ0) is 18.2. The topological polar surface area (TPSA) is 15.3 Å². The maximum Gasteiger partial charge on any atom is 0.416 e. The van der Waals surface area contributed by atoms with Gasteiger partial charge in [-0.1, -0.05) is 12.8 Å². The fraction of sp³-hybridized carbons (Fsp3) is 0.647. The SMILES string of the molecule is Cl.FC(F)(F)c1cc([C@H](CC2CC2)N2CCNCC2)cc(C(F)(F)F)c1. The van der Waals surface area contributed by atoms with Gasteiger partial charge in [-0.2, -0.15) is 26.3 Å². The summed E-state index contributed by atoms with van der Waals surface area (Å²) >= 11 is 0. The Balaban J connectivity index is 0.00000243. The number of hydrogen-bond donors (Lipinski definition) is 1. The summed E-state index contributed by atoms with van der Waals surface area (Å²) in [4.78, 5) is 2.00. The van der Waals surface area contributed by atoms with Crippen LogP contribution in [-0.4, -0.2) is 31.1 Å². The molecule has 1 aromatic carbocycles. The van der Waals surface area contributed by atoms with Crippen LogP contribution >= 0.6 is 12.4 Å². The van der Waals surface area contributed by atoms with Gasteiger partial charge < -0.3 is 5.32 Å². The molecule has 0 amide bonds. The highest BCUT2D eigenvalue weighted by atomic mass is 35.5. The van der Waals surface area contributed by atoms with Gasteiger partial charge in [0.1, 0.15) is 0 Å². The second kappa shape index (κ2) is 7.94. The molecule has 2 aliphatic rings. The van der Waals surface area contributed by atoms with Crippen LogP contribution in [0.5, 0.6) is 0 Å². The van der Waals surface area contributed by atoms with E-state index in [0.717, 1.165) is 25.0 Å². The Bertz CT molecular complexity index is 574. The summed E-state index contributed by atoms with van der Waals surface area (Å²) in [5, 5.41) is 3.16. The first-order valence-corrected chi connectivity index (χ1v) is 8.39. The molecule has 0 bridgehead atoms. The van der Waals surface area contributed by atoms with Crippen LogP contribution in [0.25, 0.3) is 0 Å². The zero-order valence-electron chi connectivity index (χ0n) is 14.0. The predicted molar refractivity (Wildman–Crippen MR) is 88.2 cm³/mol. The van der Waals surface area contributed by atoms with E-state index in [-0.39, 0.29) is 24.0 Å². The quantitative estimate of drug-likeness (QED) is 0.721. The van der Waals surface area contributed by atoms with Crippen molar-refractivity contribution in [3.63, 3.8) is 0 Å². The van der Waals surface area contributed by atoms with Gasteiger partial charge in [-0.05, 0) is 36.1 Å². The van der Waals surface area contributed by atoms with Crippen LogP contribution in [0.4, 0.5) is 26.3 Å². The summed E-state index contributed by atoms with van der Waals surface area (Å²) in [6, 6.07) is 1.59. The van der Waals surface area contributed by atoms with Crippen molar-refractivity contribution in [1.82, 2.24) is 10.2 Å². The maximum absolute atomic E-state index is 13.1. The lowest BCUT2D eigenvalue weighted by molar-refractivity contribution is -0.143. The average Bonchev–Trinajstić information content (AvgIpc) is 3.35. The molecule has 3 rings (SSSR count).